The van der Waals surface area contributed by atoms with E-state index >= 15 is 0 Å². The third kappa shape index (κ3) is 4.35. The molecular weight excluding hydrogens is 396 g/mol. The number of nitrogens with one attached hydrogen (secondary N) is 1. The van der Waals surface area contributed by atoms with Gasteiger partial charge in [-0.1, -0.05) is 0 Å². The highest BCUT2D eigenvalue weighted by Crippen LogP contribution is 2.25. The fourth-order valence-corrected chi connectivity index (χ4v) is 5.10. The molecule has 0 atom stereocenters. The summed E-state index contributed by atoms with van der Waals surface area (Å²) in [6, 6.07) is 5.99. The van der Waals surface area contributed by atoms with E-state index in [1.807, 2.05) is 0 Å². The van der Waals surface area contributed by atoms with Gasteiger partial charge >= 0.3 is 5.97 Å². The number of piperidine rings is 1. The summed E-state index contributed by atoms with van der Waals surface area (Å²) in [5, 5.41) is 2.91. The lowest BCUT2D eigenvalue weighted by atomic mass is 10.1. The summed E-state index contributed by atoms with van der Waals surface area (Å²) in [6.07, 6.45) is 2.47. The van der Waals surface area contributed by atoms with Gasteiger partial charge in [-0.15, -0.1) is 0 Å². The topological polar surface area (TPSA) is 106 Å². The molecule has 0 aliphatic carbocycles. The molecule has 0 bridgehead atoms. The molecule has 1 N–H and O–H groups in total. The molecule has 1 aromatic heterocycles. The van der Waals surface area contributed by atoms with E-state index in [0.29, 0.717) is 37.1 Å². The van der Waals surface area contributed by atoms with Crippen LogP contribution in [-0.2, 0) is 14.8 Å². The summed E-state index contributed by atoms with van der Waals surface area (Å²) >= 11 is 0. The van der Waals surface area contributed by atoms with Gasteiger partial charge in [-0.2, -0.15) is 4.31 Å². The first-order chi connectivity index (χ1) is 13.7. The number of benzene rings is 1. The molecule has 1 fully saturated rings. The normalized spacial score (nSPS) is 15.8. The van der Waals surface area contributed by atoms with Crippen molar-refractivity contribution >= 4 is 21.9 Å². The highest BCUT2D eigenvalue weighted by atomic mass is 32.2. The molecule has 2 heterocycles. The predicted molar refractivity (Wildman–Crippen MR) is 105 cm³/mol. The molecular formula is C20H24N2O6S. The van der Waals surface area contributed by atoms with E-state index in [1.165, 1.54) is 35.9 Å². The number of hydrogen-bond donors (Lipinski definition) is 1. The van der Waals surface area contributed by atoms with E-state index in [-0.39, 0.29) is 22.6 Å². The maximum absolute atomic E-state index is 13.0. The molecule has 0 radical (unpaired) electrons. The van der Waals surface area contributed by atoms with Crippen molar-refractivity contribution in [2.24, 2.45) is 0 Å². The Kier molecular flexibility index (Phi) is 6.09. The van der Waals surface area contributed by atoms with E-state index < -0.39 is 16.0 Å². The summed E-state index contributed by atoms with van der Waals surface area (Å²) in [4.78, 5) is 24.1. The Morgan fingerprint density at radius 1 is 1.14 bits per heavy atom. The molecule has 8 nitrogen and oxygen atoms in total. The Bertz CT molecular complexity index is 1020. The fourth-order valence-electron chi connectivity index (χ4n) is 3.42. The number of rotatable bonds is 5. The van der Waals surface area contributed by atoms with Crippen molar-refractivity contribution in [1.29, 1.82) is 0 Å². The Morgan fingerprint density at radius 3 is 2.38 bits per heavy atom. The van der Waals surface area contributed by atoms with Crippen LogP contribution in [-0.4, -0.2) is 50.8 Å². The standard InChI is InChI=1S/C20H24N2O6S/c1-13-8-11-28-18(13)19(23)21-16-6-9-22(10-7-16)29(25,26)17-5-4-15(12-14(17)2)20(24)27-3/h4-5,8,11-12,16H,6-7,9-10H2,1-3H3,(H,21,23). The number of carbonyl (C=O) groups excluding carboxylic acids is 2. The van der Waals surface area contributed by atoms with Crippen molar-refractivity contribution < 1.29 is 27.2 Å². The number of amides is 1. The fraction of sp³-hybridized carbons (Fsp3) is 0.400. The Labute approximate surface area is 169 Å². The van der Waals surface area contributed by atoms with Crippen LogP contribution in [0.2, 0.25) is 0 Å². The maximum atomic E-state index is 13.0. The van der Waals surface area contributed by atoms with Gasteiger partial charge in [0.05, 0.1) is 23.8 Å². The number of hydrogen-bond acceptors (Lipinski definition) is 6. The van der Waals surface area contributed by atoms with Crippen LogP contribution in [0.4, 0.5) is 0 Å². The number of furan rings is 1. The zero-order valence-electron chi connectivity index (χ0n) is 16.6. The van der Waals surface area contributed by atoms with Crippen LogP contribution in [0.1, 0.15) is 44.9 Å². The highest BCUT2D eigenvalue weighted by Gasteiger charge is 2.31. The molecule has 2 aromatic rings. The van der Waals surface area contributed by atoms with Crippen molar-refractivity contribution in [3.63, 3.8) is 0 Å². The number of methoxy groups -OCH3 is 1. The zero-order chi connectivity index (χ0) is 21.2. The van der Waals surface area contributed by atoms with Crippen molar-refractivity contribution in [3.8, 4) is 0 Å². The molecule has 3 rings (SSSR count). The van der Waals surface area contributed by atoms with Gasteiger partial charge in [-0.05, 0) is 56.5 Å². The molecule has 1 aliphatic rings. The van der Waals surface area contributed by atoms with Crippen LogP contribution < -0.4 is 5.32 Å². The maximum Gasteiger partial charge on any atom is 0.337 e. The third-order valence-corrected chi connectivity index (χ3v) is 7.13. The average Bonchev–Trinajstić information content (AvgIpc) is 3.13. The number of nitrogens with zero attached hydrogens (tertiary/aromatic N) is 1. The summed E-state index contributed by atoms with van der Waals surface area (Å²) < 4.78 is 37.3. The largest absolute Gasteiger partial charge is 0.465 e. The van der Waals surface area contributed by atoms with Crippen molar-refractivity contribution in [2.75, 3.05) is 20.2 Å². The molecule has 156 valence electrons. The number of carbonyl (C=O) groups is 2. The van der Waals surface area contributed by atoms with Crippen LogP contribution in [0.3, 0.4) is 0 Å². The second-order valence-corrected chi connectivity index (χ2v) is 8.96. The second-order valence-electron chi connectivity index (χ2n) is 7.06. The van der Waals surface area contributed by atoms with Gasteiger partial charge in [0.25, 0.3) is 5.91 Å². The monoisotopic (exact) mass is 420 g/mol. The minimum Gasteiger partial charge on any atom is -0.465 e. The van der Waals surface area contributed by atoms with Gasteiger partial charge in [0, 0.05) is 24.7 Å². The lowest BCUT2D eigenvalue weighted by Crippen LogP contribution is -2.46. The van der Waals surface area contributed by atoms with E-state index in [2.05, 4.69) is 10.1 Å². The number of ether oxygens (including phenoxy) is 1. The molecule has 1 aliphatic heterocycles. The van der Waals surface area contributed by atoms with E-state index in [4.69, 9.17) is 4.42 Å². The van der Waals surface area contributed by atoms with Crippen LogP contribution in [0.15, 0.2) is 39.8 Å². The van der Waals surface area contributed by atoms with Crippen molar-refractivity contribution in [3.05, 3.63) is 53.0 Å². The number of esters is 1. The Hall–Kier alpha value is -2.65. The Balaban J connectivity index is 1.66. The molecule has 1 amide bonds. The highest BCUT2D eigenvalue weighted by molar-refractivity contribution is 7.89. The summed E-state index contributed by atoms with van der Waals surface area (Å²) in [7, 11) is -2.42. The quantitative estimate of drug-likeness (QED) is 0.744. The smallest absolute Gasteiger partial charge is 0.337 e. The first kappa shape index (κ1) is 21.1. The number of aryl methyl sites for hydroxylation is 2. The van der Waals surface area contributed by atoms with Crippen LogP contribution in [0, 0.1) is 13.8 Å². The SMILES string of the molecule is COC(=O)c1ccc(S(=O)(=O)N2CCC(NC(=O)c3occc3C)CC2)c(C)c1. The first-order valence-electron chi connectivity index (χ1n) is 9.28. The average molecular weight is 420 g/mol. The molecule has 0 spiro atoms. The van der Waals surface area contributed by atoms with E-state index in [9.17, 15) is 18.0 Å². The van der Waals surface area contributed by atoms with Crippen LogP contribution in [0.5, 0.6) is 0 Å². The van der Waals surface area contributed by atoms with E-state index in [1.54, 1.807) is 19.9 Å². The second kappa shape index (κ2) is 8.38. The lowest BCUT2D eigenvalue weighted by Gasteiger charge is -2.31. The van der Waals surface area contributed by atoms with Crippen LogP contribution >= 0.6 is 0 Å². The van der Waals surface area contributed by atoms with Gasteiger partial charge in [-0.3, -0.25) is 4.79 Å². The lowest BCUT2D eigenvalue weighted by molar-refractivity contribution is 0.0600. The van der Waals surface area contributed by atoms with Gasteiger partial charge < -0.3 is 14.5 Å². The summed E-state index contributed by atoms with van der Waals surface area (Å²) in [5.41, 5.74) is 1.55. The number of sulfonamides is 1. The molecule has 1 aromatic carbocycles. The third-order valence-electron chi connectivity index (χ3n) is 5.07. The Morgan fingerprint density at radius 2 is 1.83 bits per heavy atom. The van der Waals surface area contributed by atoms with Crippen molar-refractivity contribution in [2.45, 2.75) is 37.6 Å². The van der Waals surface area contributed by atoms with Gasteiger partial charge in [0.1, 0.15) is 0 Å². The van der Waals surface area contributed by atoms with Gasteiger partial charge in [0.15, 0.2) is 5.76 Å². The van der Waals surface area contributed by atoms with Gasteiger partial charge in [-0.25, -0.2) is 13.2 Å². The summed E-state index contributed by atoms with van der Waals surface area (Å²) in [6.45, 7) is 4.03. The zero-order valence-corrected chi connectivity index (χ0v) is 17.4. The summed E-state index contributed by atoms with van der Waals surface area (Å²) in [5.74, 6) is -0.523. The molecule has 29 heavy (non-hydrogen) atoms. The molecule has 0 saturated carbocycles. The first-order valence-corrected chi connectivity index (χ1v) is 10.7. The van der Waals surface area contributed by atoms with Crippen LogP contribution in [0.25, 0.3) is 0 Å². The predicted octanol–water partition coefficient (Wildman–Crippen LogP) is 2.27. The molecule has 1 saturated heterocycles. The van der Waals surface area contributed by atoms with E-state index in [0.717, 1.165) is 5.56 Å². The van der Waals surface area contributed by atoms with Crippen molar-refractivity contribution in [1.82, 2.24) is 9.62 Å². The minimum atomic E-state index is -3.69. The molecule has 9 heteroatoms. The van der Waals surface area contributed by atoms with Gasteiger partial charge in [0.2, 0.25) is 10.0 Å². The molecule has 0 unspecified atom stereocenters. The minimum absolute atomic E-state index is 0.124.